The molecular weight excluding hydrogens is 258 g/mol. The molecule has 0 radical (unpaired) electrons. The van der Waals surface area contributed by atoms with Crippen molar-refractivity contribution in [2.75, 3.05) is 13.7 Å². The maximum atomic E-state index is 5.42. The van der Waals surface area contributed by atoms with Crippen LogP contribution in [0.15, 0.2) is 24.3 Å². The Kier molecular flexibility index (Phi) is 9.98. The lowest BCUT2D eigenvalue weighted by Gasteiger charge is -2.17. The van der Waals surface area contributed by atoms with Gasteiger partial charge in [0.05, 0.1) is 7.11 Å². The monoisotopic (exact) mass is 291 g/mol. The quantitative estimate of drug-likeness (QED) is 0.514. The second-order valence-corrected chi connectivity index (χ2v) is 5.89. The largest absolute Gasteiger partial charge is 0.496 e. The van der Waals surface area contributed by atoms with Gasteiger partial charge in [0.15, 0.2) is 0 Å². The van der Waals surface area contributed by atoms with Crippen molar-refractivity contribution >= 4 is 0 Å². The van der Waals surface area contributed by atoms with Crippen LogP contribution in [0.2, 0.25) is 0 Å². The first-order chi connectivity index (χ1) is 10.3. The molecule has 1 unspecified atom stereocenters. The molecule has 0 saturated heterocycles. The summed E-state index contributed by atoms with van der Waals surface area (Å²) in [5, 5.41) is 3.60. The van der Waals surface area contributed by atoms with Crippen LogP contribution in [-0.4, -0.2) is 13.7 Å². The normalized spacial score (nSPS) is 12.3. The average molecular weight is 291 g/mol. The molecule has 1 atom stereocenters. The summed E-state index contributed by atoms with van der Waals surface area (Å²) >= 11 is 0. The summed E-state index contributed by atoms with van der Waals surface area (Å²) in [6.07, 6.45) is 11.0. The zero-order valence-corrected chi connectivity index (χ0v) is 14.2. The third kappa shape index (κ3) is 7.52. The first-order valence-corrected chi connectivity index (χ1v) is 8.66. The highest BCUT2D eigenvalue weighted by Crippen LogP contribution is 2.24. The van der Waals surface area contributed by atoms with Crippen LogP contribution in [0.3, 0.4) is 0 Å². The highest BCUT2D eigenvalue weighted by atomic mass is 16.5. The van der Waals surface area contributed by atoms with Crippen LogP contribution in [0.1, 0.15) is 76.8 Å². The van der Waals surface area contributed by atoms with Gasteiger partial charge in [0.2, 0.25) is 0 Å². The van der Waals surface area contributed by atoms with E-state index in [1.54, 1.807) is 7.11 Å². The minimum absolute atomic E-state index is 0.353. The van der Waals surface area contributed by atoms with E-state index in [1.165, 1.54) is 56.9 Å². The highest BCUT2D eigenvalue weighted by Gasteiger charge is 2.09. The van der Waals surface area contributed by atoms with E-state index in [9.17, 15) is 0 Å². The number of nitrogens with one attached hydrogen (secondary N) is 1. The molecule has 0 aliphatic rings. The minimum atomic E-state index is 0.353. The Morgan fingerprint density at radius 2 is 1.57 bits per heavy atom. The molecule has 0 spiro atoms. The molecule has 1 aromatic rings. The first-order valence-electron chi connectivity index (χ1n) is 8.66. The maximum Gasteiger partial charge on any atom is 0.123 e. The van der Waals surface area contributed by atoms with Gasteiger partial charge in [-0.25, -0.2) is 0 Å². The average Bonchev–Trinajstić information content (AvgIpc) is 2.53. The van der Waals surface area contributed by atoms with Gasteiger partial charge in [-0.15, -0.1) is 0 Å². The van der Waals surface area contributed by atoms with Gasteiger partial charge in [0.25, 0.3) is 0 Å². The van der Waals surface area contributed by atoms with Crippen molar-refractivity contribution < 1.29 is 4.74 Å². The second kappa shape index (κ2) is 11.6. The van der Waals surface area contributed by atoms with E-state index < -0.39 is 0 Å². The van der Waals surface area contributed by atoms with Gasteiger partial charge in [-0.2, -0.15) is 0 Å². The number of rotatable bonds is 12. The predicted molar refractivity (Wildman–Crippen MR) is 92.0 cm³/mol. The van der Waals surface area contributed by atoms with Crippen LogP contribution in [0.4, 0.5) is 0 Å². The third-order valence-electron chi connectivity index (χ3n) is 4.09. The number of hydrogen-bond acceptors (Lipinski definition) is 2. The summed E-state index contributed by atoms with van der Waals surface area (Å²) in [5.74, 6) is 0.980. The fourth-order valence-electron chi connectivity index (χ4n) is 2.71. The molecule has 21 heavy (non-hydrogen) atoms. The fourth-order valence-corrected chi connectivity index (χ4v) is 2.71. The van der Waals surface area contributed by atoms with Crippen molar-refractivity contribution in [3.8, 4) is 5.75 Å². The SMILES string of the molecule is CCCCCCCCCCNC(C)c1ccccc1OC. The van der Waals surface area contributed by atoms with Crippen molar-refractivity contribution in [1.29, 1.82) is 0 Å². The Balaban J connectivity index is 2.09. The van der Waals surface area contributed by atoms with E-state index in [0.29, 0.717) is 6.04 Å². The number of ether oxygens (including phenoxy) is 1. The fraction of sp³-hybridized carbons (Fsp3) is 0.684. The summed E-state index contributed by atoms with van der Waals surface area (Å²) in [5.41, 5.74) is 1.25. The summed E-state index contributed by atoms with van der Waals surface area (Å²) in [4.78, 5) is 0. The molecule has 0 fully saturated rings. The van der Waals surface area contributed by atoms with Crippen molar-refractivity contribution in [2.45, 2.75) is 71.3 Å². The number of methoxy groups -OCH3 is 1. The van der Waals surface area contributed by atoms with Gasteiger partial charge in [0.1, 0.15) is 5.75 Å². The molecule has 0 amide bonds. The topological polar surface area (TPSA) is 21.3 Å². The van der Waals surface area contributed by atoms with Crippen LogP contribution < -0.4 is 10.1 Å². The van der Waals surface area contributed by atoms with E-state index in [2.05, 4.69) is 31.3 Å². The van der Waals surface area contributed by atoms with Gasteiger partial charge in [-0.3, -0.25) is 0 Å². The number of hydrogen-bond donors (Lipinski definition) is 1. The zero-order valence-electron chi connectivity index (χ0n) is 14.2. The van der Waals surface area contributed by atoms with Crippen LogP contribution in [0.5, 0.6) is 5.75 Å². The van der Waals surface area contributed by atoms with Gasteiger partial charge in [0, 0.05) is 11.6 Å². The summed E-state index contributed by atoms with van der Waals surface area (Å²) in [7, 11) is 1.74. The molecule has 0 heterocycles. The lowest BCUT2D eigenvalue weighted by atomic mass is 10.1. The Hall–Kier alpha value is -1.02. The van der Waals surface area contributed by atoms with Gasteiger partial charge >= 0.3 is 0 Å². The Morgan fingerprint density at radius 3 is 2.24 bits per heavy atom. The van der Waals surface area contributed by atoms with Crippen LogP contribution in [-0.2, 0) is 0 Å². The van der Waals surface area contributed by atoms with E-state index >= 15 is 0 Å². The van der Waals surface area contributed by atoms with E-state index in [4.69, 9.17) is 4.74 Å². The van der Waals surface area contributed by atoms with E-state index in [-0.39, 0.29) is 0 Å². The van der Waals surface area contributed by atoms with Crippen LogP contribution >= 0.6 is 0 Å². The van der Waals surface area contributed by atoms with E-state index in [1.807, 2.05) is 12.1 Å². The Morgan fingerprint density at radius 1 is 0.952 bits per heavy atom. The molecule has 0 bridgehead atoms. The molecule has 0 aliphatic heterocycles. The Labute approximate surface area is 131 Å². The lowest BCUT2D eigenvalue weighted by molar-refractivity contribution is 0.401. The molecule has 120 valence electrons. The molecule has 0 aliphatic carbocycles. The third-order valence-corrected chi connectivity index (χ3v) is 4.09. The molecule has 2 nitrogen and oxygen atoms in total. The van der Waals surface area contributed by atoms with Crippen molar-refractivity contribution in [2.24, 2.45) is 0 Å². The lowest BCUT2D eigenvalue weighted by Crippen LogP contribution is -2.20. The van der Waals surface area contributed by atoms with E-state index in [0.717, 1.165) is 12.3 Å². The van der Waals surface area contributed by atoms with Crippen molar-refractivity contribution in [1.82, 2.24) is 5.32 Å². The summed E-state index contributed by atoms with van der Waals surface area (Å²) in [6, 6.07) is 8.62. The molecule has 1 aromatic carbocycles. The number of benzene rings is 1. The van der Waals surface area contributed by atoms with Crippen molar-refractivity contribution in [3.63, 3.8) is 0 Å². The number of unbranched alkanes of at least 4 members (excludes halogenated alkanes) is 7. The van der Waals surface area contributed by atoms with Gasteiger partial charge in [-0.1, -0.05) is 70.1 Å². The first kappa shape index (κ1) is 18.0. The summed E-state index contributed by atoms with van der Waals surface area (Å²) in [6.45, 7) is 5.57. The van der Waals surface area contributed by atoms with Gasteiger partial charge in [-0.05, 0) is 26.0 Å². The molecule has 2 heteroatoms. The molecule has 0 aromatic heterocycles. The second-order valence-electron chi connectivity index (χ2n) is 5.89. The van der Waals surface area contributed by atoms with Gasteiger partial charge < -0.3 is 10.1 Å². The smallest absolute Gasteiger partial charge is 0.123 e. The molecule has 0 saturated carbocycles. The maximum absolute atomic E-state index is 5.42. The highest BCUT2D eigenvalue weighted by molar-refractivity contribution is 5.35. The molecular formula is C19H33NO. The predicted octanol–water partition coefficient (Wildman–Crippen LogP) is 5.49. The van der Waals surface area contributed by atoms with Crippen LogP contribution in [0, 0.1) is 0 Å². The summed E-state index contributed by atoms with van der Waals surface area (Å²) < 4.78 is 5.42. The molecule has 1 N–H and O–H groups in total. The number of para-hydroxylation sites is 1. The zero-order chi connectivity index (χ0) is 15.3. The minimum Gasteiger partial charge on any atom is -0.496 e. The van der Waals surface area contributed by atoms with Crippen LogP contribution in [0.25, 0.3) is 0 Å². The standard InChI is InChI=1S/C19H33NO/c1-4-5-6-7-8-9-10-13-16-20-17(2)18-14-11-12-15-19(18)21-3/h11-12,14-15,17,20H,4-10,13,16H2,1-3H3. The Bertz CT molecular complexity index is 364. The molecule has 1 rings (SSSR count). The van der Waals surface area contributed by atoms with Crippen molar-refractivity contribution in [3.05, 3.63) is 29.8 Å².